The zero-order valence-electron chi connectivity index (χ0n) is 15.7. The van der Waals surface area contributed by atoms with Gasteiger partial charge in [0.15, 0.2) is 11.6 Å². The van der Waals surface area contributed by atoms with E-state index >= 15 is 0 Å². The zero-order valence-corrected chi connectivity index (χ0v) is 15.7. The second-order valence-corrected chi connectivity index (χ2v) is 6.92. The fraction of sp³-hybridized carbons (Fsp3) is 0.238. The van der Waals surface area contributed by atoms with Crippen molar-refractivity contribution in [2.45, 2.75) is 12.5 Å². The first-order valence-corrected chi connectivity index (χ1v) is 9.14. The van der Waals surface area contributed by atoms with Gasteiger partial charge < -0.3 is 20.3 Å². The van der Waals surface area contributed by atoms with Crippen LogP contribution in [0.5, 0.6) is 5.75 Å². The molecule has 2 aliphatic rings. The molecule has 2 aromatic carbocycles. The summed E-state index contributed by atoms with van der Waals surface area (Å²) in [6.45, 7) is 0.719. The molecule has 0 aliphatic carbocycles. The number of carbonyl (C=O) groups excluding carboxylic acids is 2. The number of benzene rings is 2. The van der Waals surface area contributed by atoms with Crippen molar-refractivity contribution in [3.8, 4) is 5.75 Å². The van der Waals surface area contributed by atoms with Gasteiger partial charge in [0.25, 0.3) is 5.91 Å². The fourth-order valence-corrected chi connectivity index (χ4v) is 3.61. The molecule has 0 spiro atoms. The average Bonchev–Trinajstić information content (AvgIpc) is 3.03. The lowest BCUT2D eigenvalue weighted by atomic mass is 9.96. The highest BCUT2D eigenvalue weighted by Gasteiger charge is 2.40. The zero-order chi connectivity index (χ0) is 20.5. The van der Waals surface area contributed by atoms with Gasteiger partial charge in [0.05, 0.1) is 31.0 Å². The quantitative estimate of drug-likeness (QED) is 0.812. The Labute approximate surface area is 166 Å². The molecule has 2 aliphatic heterocycles. The van der Waals surface area contributed by atoms with Crippen LogP contribution in [0.15, 0.2) is 53.7 Å². The molecule has 3 amide bonds. The topological polar surface area (TPSA) is 70.7 Å². The van der Waals surface area contributed by atoms with Gasteiger partial charge in [-0.2, -0.15) is 0 Å². The van der Waals surface area contributed by atoms with Crippen LogP contribution in [-0.2, 0) is 11.2 Å². The van der Waals surface area contributed by atoms with Gasteiger partial charge in [0.2, 0.25) is 0 Å². The Hall–Kier alpha value is -3.42. The first-order valence-electron chi connectivity index (χ1n) is 9.14. The van der Waals surface area contributed by atoms with Crippen LogP contribution in [0.2, 0.25) is 0 Å². The van der Waals surface area contributed by atoms with Gasteiger partial charge in [-0.05, 0) is 41.8 Å². The lowest BCUT2D eigenvalue weighted by Crippen LogP contribution is -2.44. The third kappa shape index (κ3) is 3.65. The maximum atomic E-state index is 13.7. The maximum Gasteiger partial charge on any atom is 0.319 e. The Morgan fingerprint density at radius 3 is 2.55 bits per heavy atom. The number of nitrogens with one attached hydrogen (secondary N) is 2. The predicted octanol–water partition coefficient (Wildman–Crippen LogP) is 2.67. The van der Waals surface area contributed by atoms with Gasteiger partial charge in [0.1, 0.15) is 5.75 Å². The van der Waals surface area contributed by atoms with Gasteiger partial charge in [-0.3, -0.25) is 4.79 Å². The van der Waals surface area contributed by atoms with E-state index in [-0.39, 0.29) is 12.5 Å². The number of methoxy groups -OCH3 is 1. The monoisotopic (exact) mass is 399 g/mol. The number of hydrogen-bond acceptors (Lipinski definition) is 3. The van der Waals surface area contributed by atoms with Crippen molar-refractivity contribution < 1.29 is 23.1 Å². The first-order chi connectivity index (χ1) is 14.0. The molecule has 0 aromatic heterocycles. The Morgan fingerprint density at radius 1 is 1.10 bits per heavy atom. The van der Waals surface area contributed by atoms with E-state index in [4.69, 9.17) is 4.74 Å². The van der Waals surface area contributed by atoms with Crippen LogP contribution >= 0.6 is 0 Å². The van der Waals surface area contributed by atoms with Crippen LogP contribution in [-0.4, -0.2) is 37.0 Å². The molecule has 2 N–H and O–H groups in total. The molecule has 2 heterocycles. The van der Waals surface area contributed by atoms with Crippen molar-refractivity contribution in [2.75, 3.05) is 20.2 Å². The van der Waals surface area contributed by atoms with Crippen LogP contribution in [0, 0.1) is 11.6 Å². The van der Waals surface area contributed by atoms with E-state index in [1.54, 1.807) is 12.0 Å². The smallest absolute Gasteiger partial charge is 0.319 e. The van der Waals surface area contributed by atoms with Crippen LogP contribution < -0.4 is 15.4 Å². The summed E-state index contributed by atoms with van der Waals surface area (Å²) >= 11 is 0. The van der Waals surface area contributed by atoms with Gasteiger partial charge in [-0.25, -0.2) is 13.6 Å². The number of amides is 3. The van der Waals surface area contributed by atoms with E-state index in [1.165, 1.54) is 6.07 Å². The van der Waals surface area contributed by atoms with Crippen molar-refractivity contribution >= 4 is 11.9 Å². The van der Waals surface area contributed by atoms with Crippen molar-refractivity contribution in [1.29, 1.82) is 0 Å². The third-order valence-electron chi connectivity index (χ3n) is 5.13. The standard InChI is InChI=1S/C21H19F2N3O3/c1-29-14-5-2-12(3-6-14)8-9-26-11-17-18(20(26)27)19(25-21(28)24-17)13-4-7-15(22)16(23)10-13/h2-7,10,19H,8-9,11H2,1H3,(H2,24,25,28)/t19-/m1/s1. The number of nitrogens with zero attached hydrogens (tertiary/aromatic N) is 1. The predicted molar refractivity (Wildman–Crippen MR) is 101 cm³/mol. The Balaban J connectivity index is 1.52. The number of carbonyl (C=O) groups is 2. The van der Waals surface area contributed by atoms with Gasteiger partial charge in [-0.15, -0.1) is 0 Å². The second kappa shape index (κ2) is 7.54. The van der Waals surface area contributed by atoms with E-state index in [2.05, 4.69) is 10.6 Å². The molecule has 0 fully saturated rings. The summed E-state index contributed by atoms with van der Waals surface area (Å²) in [5.41, 5.74) is 2.20. The molecule has 0 saturated carbocycles. The minimum absolute atomic E-state index is 0.240. The van der Waals surface area contributed by atoms with Crippen molar-refractivity contribution in [3.05, 3.63) is 76.5 Å². The number of hydrogen-bond donors (Lipinski definition) is 2. The highest BCUT2D eigenvalue weighted by atomic mass is 19.2. The minimum Gasteiger partial charge on any atom is -0.497 e. The van der Waals surface area contributed by atoms with Crippen LogP contribution in [0.4, 0.5) is 13.6 Å². The summed E-state index contributed by atoms with van der Waals surface area (Å²) in [6.07, 6.45) is 0.632. The van der Waals surface area contributed by atoms with Gasteiger partial charge in [0, 0.05) is 6.54 Å². The summed E-state index contributed by atoms with van der Waals surface area (Å²) in [5.74, 6) is -1.50. The summed E-state index contributed by atoms with van der Waals surface area (Å²) in [7, 11) is 1.60. The second-order valence-electron chi connectivity index (χ2n) is 6.92. The molecule has 150 valence electrons. The molecule has 0 saturated heterocycles. The minimum atomic E-state index is -1.03. The molecule has 29 heavy (non-hydrogen) atoms. The van der Waals surface area contributed by atoms with E-state index in [0.29, 0.717) is 29.8 Å². The Kier molecular flexibility index (Phi) is 4.92. The molecule has 0 bridgehead atoms. The average molecular weight is 399 g/mol. The molecule has 0 unspecified atom stereocenters. The normalized spacial score (nSPS) is 18.4. The largest absolute Gasteiger partial charge is 0.497 e. The molecular weight excluding hydrogens is 380 g/mol. The highest BCUT2D eigenvalue weighted by Crippen LogP contribution is 2.33. The maximum absolute atomic E-state index is 13.7. The van der Waals surface area contributed by atoms with E-state index in [9.17, 15) is 18.4 Å². The third-order valence-corrected chi connectivity index (χ3v) is 5.13. The number of ether oxygens (including phenoxy) is 1. The fourth-order valence-electron chi connectivity index (χ4n) is 3.61. The van der Waals surface area contributed by atoms with E-state index in [1.807, 2.05) is 24.3 Å². The molecule has 2 aromatic rings. The summed E-state index contributed by atoms with van der Waals surface area (Å²) in [5, 5.41) is 5.29. The molecule has 0 radical (unpaired) electrons. The van der Waals surface area contributed by atoms with Gasteiger partial charge >= 0.3 is 6.03 Å². The number of urea groups is 1. The van der Waals surface area contributed by atoms with Crippen LogP contribution in [0.25, 0.3) is 0 Å². The Morgan fingerprint density at radius 2 is 1.86 bits per heavy atom. The summed E-state index contributed by atoms with van der Waals surface area (Å²) < 4.78 is 32.1. The van der Waals surface area contributed by atoms with Crippen molar-refractivity contribution in [2.24, 2.45) is 0 Å². The molecular formula is C21H19F2N3O3. The molecule has 4 rings (SSSR count). The van der Waals surface area contributed by atoms with Crippen LogP contribution in [0.3, 0.4) is 0 Å². The number of halogens is 2. The van der Waals surface area contributed by atoms with E-state index < -0.39 is 23.7 Å². The Bertz CT molecular complexity index is 1000. The lowest BCUT2D eigenvalue weighted by Gasteiger charge is -2.25. The summed E-state index contributed by atoms with van der Waals surface area (Å²) in [6, 6.07) is 9.62. The number of rotatable bonds is 5. The molecule has 1 atom stereocenters. The SMILES string of the molecule is COc1ccc(CCN2CC3=C(C2=O)[C@@H](c2ccc(F)c(F)c2)NC(=O)N3)cc1. The molecule has 8 heteroatoms. The highest BCUT2D eigenvalue weighted by molar-refractivity contribution is 6.01. The van der Waals surface area contributed by atoms with Gasteiger partial charge in [-0.1, -0.05) is 18.2 Å². The lowest BCUT2D eigenvalue weighted by molar-refractivity contribution is -0.125. The van der Waals surface area contributed by atoms with Crippen molar-refractivity contribution in [3.63, 3.8) is 0 Å². The molecule has 6 nitrogen and oxygen atoms in total. The van der Waals surface area contributed by atoms with E-state index in [0.717, 1.165) is 23.4 Å². The summed E-state index contributed by atoms with van der Waals surface area (Å²) in [4.78, 5) is 26.7. The van der Waals surface area contributed by atoms with Crippen LogP contribution in [0.1, 0.15) is 17.2 Å². The first kappa shape index (κ1) is 18.9. The van der Waals surface area contributed by atoms with Crippen molar-refractivity contribution in [1.82, 2.24) is 15.5 Å².